The van der Waals surface area contributed by atoms with Gasteiger partial charge in [0, 0.05) is 17.6 Å². The van der Waals surface area contributed by atoms with E-state index < -0.39 is 0 Å². The van der Waals surface area contributed by atoms with Crippen molar-refractivity contribution in [3.05, 3.63) is 48.1 Å². The molecule has 5 nitrogen and oxygen atoms in total. The van der Waals surface area contributed by atoms with Crippen LogP contribution in [0.3, 0.4) is 0 Å². The van der Waals surface area contributed by atoms with Crippen LogP contribution in [-0.2, 0) is 4.79 Å². The van der Waals surface area contributed by atoms with Crippen molar-refractivity contribution in [2.45, 2.75) is 11.4 Å². The minimum atomic E-state index is -0.0385. The largest absolute Gasteiger partial charge is 0.311 e. The number of benzene rings is 1. The van der Waals surface area contributed by atoms with Gasteiger partial charge in [0.2, 0.25) is 5.91 Å². The Labute approximate surface area is 148 Å². The Hall–Kier alpha value is -2.43. The summed E-state index contributed by atoms with van der Waals surface area (Å²) in [6.45, 7) is 0.386. The first-order valence-electron chi connectivity index (χ1n) is 7.33. The monoisotopic (exact) mass is 354 g/mol. The van der Waals surface area contributed by atoms with Gasteiger partial charge in [-0.25, -0.2) is 9.97 Å². The SMILES string of the molecule is N#CCCN(C(=O)CSc1ncnc2sccc12)c1ccccc1. The second-order valence-electron chi connectivity index (χ2n) is 4.90. The predicted octanol–water partition coefficient (Wildman–Crippen LogP) is 3.73. The van der Waals surface area contributed by atoms with Crippen molar-refractivity contribution in [2.75, 3.05) is 17.2 Å². The summed E-state index contributed by atoms with van der Waals surface area (Å²) in [4.78, 5) is 23.7. The zero-order chi connectivity index (χ0) is 16.8. The number of hydrogen-bond donors (Lipinski definition) is 0. The fraction of sp³-hybridized carbons (Fsp3) is 0.176. The normalized spacial score (nSPS) is 10.5. The Morgan fingerprint density at radius 1 is 1.25 bits per heavy atom. The van der Waals surface area contributed by atoms with Crippen LogP contribution >= 0.6 is 23.1 Å². The molecular formula is C17H14N4OS2. The summed E-state index contributed by atoms with van der Waals surface area (Å²) in [6, 6.07) is 13.5. The Morgan fingerprint density at radius 2 is 2.08 bits per heavy atom. The quantitative estimate of drug-likeness (QED) is 0.498. The molecule has 3 rings (SSSR count). The molecule has 0 aliphatic carbocycles. The molecule has 0 atom stereocenters. The highest BCUT2D eigenvalue weighted by Crippen LogP contribution is 2.28. The van der Waals surface area contributed by atoms with Crippen LogP contribution in [0.25, 0.3) is 10.2 Å². The number of anilines is 1. The maximum absolute atomic E-state index is 12.7. The molecule has 0 saturated heterocycles. The summed E-state index contributed by atoms with van der Waals surface area (Å²) in [5.74, 6) is 0.228. The zero-order valence-electron chi connectivity index (χ0n) is 12.8. The van der Waals surface area contributed by atoms with Gasteiger partial charge in [-0.1, -0.05) is 30.0 Å². The second-order valence-corrected chi connectivity index (χ2v) is 6.75. The van der Waals surface area contributed by atoms with Gasteiger partial charge in [-0.3, -0.25) is 4.79 Å². The van der Waals surface area contributed by atoms with Crippen molar-refractivity contribution >= 4 is 44.9 Å². The van der Waals surface area contributed by atoms with E-state index in [1.165, 1.54) is 18.1 Å². The lowest BCUT2D eigenvalue weighted by Crippen LogP contribution is -2.33. The van der Waals surface area contributed by atoms with E-state index in [9.17, 15) is 4.79 Å². The highest BCUT2D eigenvalue weighted by molar-refractivity contribution is 8.00. The number of nitriles is 1. The summed E-state index contributed by atoms with van der Waals surface area (Å²) >= 11 is 2.95. The van der Waals surface area contributed by atoms with Crippen LogP contribution in [0, 0.1) is 11.3 Å². The molecule has 3 aromatic rings. The third kappa shape index (κ3) is 3.72. The van der Waals surface area contributed by atoms with Gasteiger partial charge in [-0.15, -0.1) is 11.3 Å². The molecule has 1 aromatic carbocycles. The third-order valence-electron chi connectivity index (χ3n) is 3.37. The molecule has 0 unspecified atom stereocenters. The van der Waals surface area contributed by atoms with E-state index in [2.05, 4.69) is 16.0 Å². The van der Waals surface area contributed by atoms with Crippen LogP contribution in [0.5, 0.6) is 0 Å². The van der Waals surface area contributed by atoms with Crippen LogP contribution < -0.4 is 4.90 Å². The smallest absolute Gasteiger partial charge is 0.237 e. The van der Waals surface area contributed by atoms with Gasteiger partial charge in [-0.2, -0.15) is 5.26 Å². The van der Waals surface area contributed by atoms with Gasteiger partial charge in [-0.05, 0) is 23.6 Å². The van der Waals surface area contributed by atoms with Crippen LogP contribution in [-0.4, -0.2) is 28.2 Å². The Bertz CT molecular complexity index is 873. The van der Waals surface area contributed by atoms with Gasteiger partial charge in [0.25, 0.3) is 0 Å². The molecule has 24 heavy (non-hydrogen) atoms. The number of carbonyl (C=O) groups excluding carboxylic acids is 1. The molecule has 2 heterocycles. The molecule has 2 aromatic heterocycles. The minimum absolute atomic E-state index is 0.0385. The highest BCUT2D eigenvalue weighted by Gasteiger charge is 2.16. The van der Waals surface area contributed by atoms with Crippen LogP contribution in [0.15, 0.2) is 53.1 Å². The first-order chi connectivity index (χ1) is 11.8. The maximum Gasteiger partial charge on any atom is 0.237 e. The number of thiophene rings is 1. The summed E-state index contributed by atoms with van der Waals surface area (Å²) < 4.78 is 0. The number of para-hydroxylation sites is 1. The lowest BCUT2D eigenvalue weighted by atomic mass is 10.2. The van der Waals surface area contributed by atoms with Crippen molar-refractivity contribution in [3.8, 4) is 6.07 Å². The molecule has 0 saturated carbocycles. The zero-order valence-corrected chi connectivity index (χ0v) is 14.4. The maximum atomic E-state index is 12.7. The molecule has 0 spiro atoms. The van der Waals surface area contributed by atoms with E-state index >= 15 is 0 Å². The van der Waals surface area contributed by atoms with E-state index in [-0.39, 0.29) is 11.7 Å². The topological polar surface area (TPSA) is 69.9 Å². The fourth-order valence-corrected chi connectivity index (χ4v) is 3.91. The molecule has 1 amide bonds. The molecule has 0 fully saturated rings. The lowest BCUT2D eigenvalue weighted by Gasteiger charge is -2.21. The number of amides is 1. The summed E-state index contributed by atoms with van der Waals surface area (Å²) in [5.41, 5.74) is 0.807. The van der Waals surface area contributed by atoms with Gasteiger partial charge in [0.05, 0.1) is 18.2 Å². The van der Waals surface area contributed by atoms with E-state index in [4.69, 9.17) is 5.26 Å². The fourth-order valence-electron chi connectivity index (χ4n) is 2.26. The Balaban J connectivity index is 1.74. The predicted molar refractivity (Wildman–Crippen MR) is 97.2 cm³/mol. The van der Waals surface area contributed by atoms with Crippen molar-refractivity contribution in [2.24, 2.45) is 0 Å². The Morgan fingerprint density at radius 3 is 2.88 bits per heavy atom. The third-order valence-corrected chi connectivity index (χ3v) is 5.18. The number of hydrogen-bond acceptors (Lipinski definition) is 6. The average Bonchev–Trinajstić information content (AvgIpc) is 3.10. The van der Waals surface area contributed by atoms with Crippen molar-refractivity contribution < 1.29 is 4.79 Å². The Kier molecular flexibility index (Phi) is 5.41. The molecule has 0 aliphatic heterocycles. The summed E-state index contributed by atoms with van der Waals surface area (Å²) in [5, 5.41) is 12.6. The lowest BCUT2D eigenvalue weighted by molar-refractivity contribution is -0.116. The van der Waals surface area contributed by atoms with Gasteiger partial charge < -0.3 is 4.90 Å². The minimum Gasteiger partial charge on any atom is -0.311 e. The molecule has 0 N–H and O–H groups in total. The number of nitrogens with zero attached hydrogens (tertiary/aromatic N) is 4. The summed E-state index contributed by atoms with van der Waals surface area (Å²) in [7, 11) is 0. The van der Waals surface area contributed by atoms with Gasteiger partial charge in [0.1, 0.15) is 16.2 Å². The van der Waals surface area contributed by atoms with Gasteiger partial charge >= 0.3 is 0 Å². The summed E-state index contributed by atoms with van der Waals surface area (Å²) in [6.07, 6.45) is 1.82. The molecule has 7 heteroatoms. The van der Waals surface area contributed by atoms with E-state index in [1.54, 1.807) is 16.2 Å². The number of fused-ring (bicyclic) bond motifs is 1. The van der Waals surface area contributed by atoms with Crippen LogP contribution in [0.2, 0.25) is 0 Å². The van der Waals surface area contributed by atoms with Gasteiger partial charge in [0.15, 0.2) is 0 Å². The number of carbonyl (C=O) groups is 1. The molecular weight excluding hydrogens is 340 g/mol. The van der Waals surface area contributed by atoms with E-state index in [1.807, 2.05) is 41.8 Å². The highest BCUT2D eigenvalue weighted by atomic mass is 32.2. The van der Waals surface area contributed by atoms with Crippen LogP contribution in [0.4, 0.5) is 5.69 Å². The number of aromatic nitrogens is 2. The number of rotatable bonds is 6. The van der Waals surface area contributed by atoms with E-state index in [0.29, 0.717) is 13.0 Å². The van der Waals surface area contributed by atoms with Crippen molar-refractivity contribution in [3.63, 3.8) is 0 Å². The molecule has 0 radical (unpaired) electrons. The number of thioether (sulfide) groups is 1. The standard InChI is InChI=1S/C17H14N4OS2/c18-8-4-9-21(13-5-2-1-3-6-13)15(22)11-24-17-14-7-10-23-16(14)19-12-20-17/h1-3,5-7,10,12H,4,9,11H2. The molecule has 120 valence electrons. The first-order valence-corrected chi connectivity index (χ1v) is 9.19. The molecule has 0 bridgehead atoms. The van der Waals surface area contributed by atoms with Crippen molar-refractivity contribution in [1.29, 1.82) is 5.26 Å². The average molecular weight is 354 g/mol. The second kappa shape index (κ2) is 7.90. The first kappa shape index (κ1) is 16.4. The molecule has 0 aliphatic rings. The van der Waals surface area contributed by atoms with E-state index in [0.717, 1.165) is 20.9 Å². The van der Waals surface area contributed by atoms with Crippen molar-refractivity contribution in [1.82, 2.24) is 9.97 Å². The van der Waals surface area contributed by atoms with Crippen LogP contribution in [0.1, 0.15) is 6.42 Å².